The lowest BCUT2D eigenvalue weighted by Gasteiger charge is -2.12. The third kappa shape index (κ3) is 3.59. The van der Waals surface area contributed by atoms with Gasteiger partial charge in [0, 0.05) is 16.4 Å². The van der Waals surface area contributed by atoms with E-state index in [1.54, 1.807) is 23.1 Å². The monoisotopic (exact) mass is 231 g/mol. The number of hydrogen-bond donors (Lipinski definition) is 1. The molecule has 4 heteroatoms. The molecule has 1 N–H and O–H groups in total. The van der Waals surface area contributed by atoms with Crippen LogP contribution >= 0.6 is 23.1 Å². The van der Waals surface area contributed by atoms with Crippen molar-refractivity contribution in [1.29, 1.82) is 0 Å². The highest BCUT2D eigenvalue weighted by Crippen LogP contribution is 2.21. The Kier molecular flexibility index (Phi) is 4.92. The molecule has 1 aromatic rings. The molecule has 80 valence electrons. The zero-order valence-electron chi connectivity index (χ0n) is 8.86. The summed E-state index contributed by atoms with van der Waals surface area (Å²) >= 11 is 3.48. The van der Waals surface area contributed by atoms with Gasteiger partial charge in [-0.15, -0.1) is 23.1 Å². The van der Waals surface area contributed by atoms with Crippen LogP contribution in [0.5, 0.6) is 0 Å². The van der Waals surface area contributed by atoms with Crippen LogP contribution in [0.15, 0.2) is 5.38 Å². The SMILES string of the molecule is CCc1nc(CSC(C)C(C)O)cs1. The summed E-state index contributed by atoms with van der Waals surface area (Å²) < 4.78 is 0. The third-order valence-corrected chi connectivity index (χ3v) is 4.50. The maximum Gasteiger partial charge on any atom is 0.0925 e. The fourth-order valence-corrected chi connectivity index (χ4v) is 2.64. The summed E-state index contributed by atoms with van der Waals surface area (Å²) in [7, 11) is 0. The van der Waals surface area contributed by atoms with E-state index in [-0.39, 0.29) is 11.4 Å². The van der Waals surface area contributed by atoms with Crippen LogP contribution in [-0.4, -0.2) is 21.4 Å². The number of nitrogens with zero attached hydrogens (tertiary/aromatic N) is 1. The van der Waals surface area contributed by atoms with Gasteiger partial charge in [-0.3, -0.25) is 0 Å². The van der Waals surface area contributed by atoms with Gasteiger partial charge in [0.25, 0.3) is 0 Å². The number of hydrogen-bond acceptors (Lipinski definition) is 4. The Morgan fingerprint density at radius 3 is 2.79 bits per heavy atom. The van der Waals surface area contributed by atoms with E-state index in [0.29, 0.717) is 0 Å². The highest BCUT2D eigenvalue weighted by Gasteiger charge is 2.10. The molecule has 0 saturated carbocycles. The topological polar surface area (TPSA) is 33.1 Å². The molecule has 0 aliphatic rings. The number of thiazole rings is 1. The van der Waals surface area contributed by atoms with Crippen LogP contribution < -0.4 is 0 Å². The molecule has 0 fully saturated rings. The molecule has 0 saturated heterocycles. The van der Waals surface area contributed by atoms with Crippen molar-refractivity contribution in [3.63, 3.8) is 0 Å². The maximum absolute atomic E-state index is 9.31. The number of thioether (sulfide) groups is 1. The normalized spacial score (nSPS) is 15.4. The first-order valence-electron chi connectivity index (χ1n) is 4.86. The molecule has 0 aliphatic carbocycles. The Labute approximate surface area is 93.8 Å². The minimum atomic E-state index is -0.246. The summed E-state index contributed by atoms with van der Waals surface area (Å²) in [5.41, 5.74) is 1.14. The summed E-state index contributed by atoms with van der Waals surface area (Å²) in [4.78, 5) is 4.48. The second-order valence-electron chi connectivity index (χ2n) is 3.34. The summed E-state index contributed by atoms with van der Waals surface area (Å²) in [6.45, 7) is 5.99. The minimum absolute atomic E-state index is 0.246. The number of aromatic nitrogens is 1. The Hall–Kier alpha value is -0.0600. The van der Waals surface area contributed by atoms with Gasteiger partial charge in [0.15, 0.2) is 0 Å². The third-order valence-electron chi connectivity index (χ3n) is 2.08. The first kappa shape index (κ1) is 12.0. The molecule has 1 rings (SSSR count). The lowest BCUT2D eigenvalue weighted by Crippen LogP contribution is -2.15. The molecule has 0 amide bonds. The molecular formula is C10H17NOS2. The summed E-state index contributed by atoms with van der Waals surface area (Å²) in [5.74, 6) is 0.905. The molecular weight excluding hydrogens is 214 g/mol. The van der Waals surface area contributed by atoms with Gasteiger partial charge < -0.3 is 5.11 Å². The lowest BCUT2D eigenvalue weighted by molar-refractivity contribution is 0.196. The van der Waals surface area contributed by atoms with Gasteiger partial charge in [-0.05, 0) is 13.3 Å². The van der Waals surface area contributed by atoms with Gasteiger partial charge in [0.05, 0.1) is 16.8 Å². The predicted molar refractivity (Wildman–Crippen MR) is 63.9 cm³/mol. The van der Waals surface area contributed by atoms with E-state index >= 15 is 0 Å². The molecule has 1 heterocycles. The zero-order chi connectivity index (χ0) is 10.6. The molecule has 0 radical (unpaired) electrons. The molecule has 2 unspecified atom stereocenters. The molecule has 0 bridgehead atoms. The van der Waals surface area contributed by atoms with E-state index in [2.05, 4.69) is 17.3 Å². The zero-order valence-corrected chi connectivity index (χ0v) is 10.5. The van der Waals surface area contributed by atoms with E-state index in [0.717, 1.165) is 17.9 Å². The number of aryl methyl sites for hydroxylation is 1. The molecule has 1 aromatic heterocycles. The molecule has 2 nitrogen and oxygen atoms in total. The maximum atomic E-state index is 9.31. The van der Waals surface area contributed by atoms with Crippen molar-refractivity contribution in [1.82, 2.24) is 4.98 Å². The van der Waals surface area contributed by atoms with Gasteiger partial charge >= 0.3 is 0 Å². The van der Waals surface area contributed by atoms with Crippen LogP contribution in [-0.2, 0) is 12.2 Å². The van der Waals surface area contributed by atoms with Crippen molar-refractivity contribution in [2.45, 2.75) is 44.3 Å². The second-order valence-corrected chi connectivity index (χ2v) is 5.65. The second kappa shape index (κ2) is 5.73. The molecule has 0 aromatic carbocycles. The van der Waals surface area contributed by atoms with Crippen molar-refractivity contribution in [3.8, 4) is 0 Å². The Morgan fingerprint density at radius 1 is 1.57 bits per heavy atom. The number of rotatable bonds is 5. The van der Waals surface area contributed by atoms with Crippen molar-refractivity contribution in [2.24, 2.45) is 0 Å². The standard InChI is InChI=1S/C10H17NOS2/c1-4-10-11-9(6-14-10)5-13-8(3)7(2)12/h6-8,12H,4-5H2,1-3H3. The van der Waals surface area contributed by atoms with Gasteiger partial charge in [0.2, 0.25) is 0 Å². The summed E-state index contributed by atoms with van der Waals surface area (Å²) in [5, 5.41) is 12.9. The van der Waals surface area contributed by atoms with Crippen LogP contribution in [0, 0.1) is 0 Å². The lowest BCUT2D eigenvalue weighted by atomic mass is 10.3. The largest absolute Gasteiger partial charge is 0.392 e. The molecule has 0 spiro atoms. The van der Waals surface area contributed by atoms with Crippen LogP contribution in [0.3, 0.4) is 0 Å². The smallest absolute Gasteiger partial charge is 0.0925 e. The quantitative estimate of drug-likeness (QED) is 0.846. The Balaban J connectivity index is 2.37. The highest BCUT2D eigenvalue weighted by molar-refractivity contribution is 7.99. The van der Waals surface area contributed by atoms with Crippen molar-refractivity contribution in [2.75, 3.05) is 0 Å². The molecule has 14 heavy (non-hydrogen) atoms. The van der Waals surface area contributed by atoms with E-state index in [9.17, 15) is 5.11 Å². The van der Waals surface area contributed by atoms with Crippen molar-refractivity contribution in [3.05, 3.63) is 16.1 Å². The van der Waals surface area contributed by atoms with Gasteiger partial charge in [-0.25, -0.2) is 4.98 Å². The number of aliphatic hydroxyl groups is 1. The highest BCUT2D eigenvalue weighted by atomic mass is 32.2. The van der Waals surface area contributed by atoms with E-state index in [4.69, 9.17) is 0 Å². The van der Waals surface area contributed by atoms with Crippen LogP contribution in [0.4, 0.5) is 0 Å². The van der Waals surface area contributed by atoms with E-state index in [1.807, 2.05) is 13.8 Å². The predicted octanol–water partition coefficient (Wildman–Crippen LogP) is 2.71. The van der Waals surface area contributed by atoms with Crippen molar-refractivity contribution < 1.29 is 5.11 Å². The van der Waals surface area contributed by atoms with Crippen LogP contribution in [0.2, 0.25) is 0 Å². The molecule has 2 atom stereocenters. The van der Waals surface area contributed by atoms with Gasteiger partial charge in [0.1, 0.15) is 0 Å². The molecule has 0 aliphatic heterocycles. The summed E-state index contributed by atoms with van der Waals surface area (Å²) in [6, 6.07) is 0. The minimum Gasteiger partial charge on any atom is -0.392 e. The Morgan fingerprint density at radius 2 is 2.29 bits per heavy atom. The Bertz CT molecular complexity index is 273. The van der Waals surface area contributed by atoms with E-state index in [1.165, 1.54) is 5.01 Å². The van der Waals surface area contributed by atoms with Crippen LogP contribution in [0.1, 0.15) is 31.5 Å². The van der Waals surface area contributed by atoms with Crippen molar-refractivity contribution >= 4 is 23.1 Å². The fourth-order valence-electron chi connectivity index (χ4n) is 0.934. The first-order chi connectivity index (χ1) is 6.63. The average Bonchev–Trinajstić information content (AvgIpc) is 2.61. The number of aliphatic hydroxyl groups excluding tert-OH is 1. The van der Waals surface area contributed by atoms with E-state index < -0.39 is 0 Å². The van der Waals surface area contributed by atoms with Crippen LogP contribution in [0.25, 0.3) is 0 Å². The van der Waals surface area contributed by atoms with Gasteiger partial charge in [-0.1, -0.05) is 13.8 Å². The summed E-state index contributed by atoms with van der Waals surface area (Å²) in [6.07, 6.45) is 0.769. The average molecular weight is 231 g/mol. The first-order valence-corrected chi connectivity index (χ1v) is 6.79. The fraction of sp³-hybridized carbons (Fsp3) is 0.700. The van der Waals surface area contributed by atoms with Gasteiger partial charge in [-0.2, -0.15) is 0 Å².